The lowest BCUT2D eigenvalue weighted by Crippen LogP contribution is -2.53. The number of β-amino-alcohol motifs (C(OH)–C–C–N with tert-alkyl or cyclic N) is 1. The molecule has 1 aliphatic heterocycles. The van der Waals surface area contributed by atoms with Crippen LogP contribution in [0.2, 0.25) is 0 Å². The fourth-order valence-corrected chi connectivity index (χ4v) is 3.10. The second kappa shape index (κ2) is 6.20. The van der Waals surface area contributed by atoms with E-state index in [1.807, 2.05) is 0 Å². The van der Waals surface area contributed by atoms with Crippen molar-refractivity contribution in [2.45, 2.75) is 63.8 Å². The van der Waals surface area contributed by atoms with Crippen LogP contribution < -0.4 is 5.32 Å². The van der Waals surface area contributed by atoms with Gasteiger partial charge in [-0.25, -0.2) is 4.79 Å². The molecule has 0 aromatic heterocycles. The molecule has 24 heavy (non-hydrogen) atoms. The average molecular weight is 338 g/mol. The number of nitrogens with one attached hydrogen (secondary N) is 1. The van der Waals surface area contributed by atoms with Crippen molar-refractivity contribution in [2.24, 2.45) is 5.92 Å². The van der Waals surface area contributed by atoms with Crippen LogP contribution in [0.3, 0.4) is 0 Å². The Morgan fingerprint density at radius 3 is 2.46 bits per heavy atom. The van der Waals surface area contributed by atoms with Gasteiger partial charge in [-0.2, -0.15) is 0 Å². The number of rotatable bonds is 4. The maximum Gasteiger partial charge on any atom is 0.411 e. The van der Waals surface area contributed by atoms with Gasteiger partial charge < -0.3 is 15.2 Å². The van der Waals surface area contributed by atoms with Crippen LogP contribution in [0.15, 0.2) is 12.7 Å². The molecule has 2 fully saturated rings. The summed E-state index contributed by atoms with van der Waals surface area (Å²) in [5.41, 5.74) is -1.62. The zero-order valence-corrected chi connectivity index (χ0v) is 14.7. The number of hydrogen-bond donors (Lipinski definition) is 2. The summed E-state index contributed by atoms with van der Waals surface area (Å²) < 4.78 is 5.30. The van der Waals surface area contributed by atoms with Gasteiger partial charge in [0.15, 0.2) is 5.78 Å². The summed E-state index contributed by atoms with van der Waals surface area (Å²) in [5, 5.41) is 12.6. The van der Waals surface area contributed by atoms with Crippen molar-refractivity contribution in [3.63, 3.8) is 0 Å². The van der Waals surface area contributed by atoms with Gasteiger partial charge in [-0.05, 0) is 34.1 Å². The van der Waals surface area contributed by atoms with Crippen molar-refractivity contribution >= 4 is 17.8 Å². The SMILES string of the molecule is C=C[C@@H]1C[C@]1(NC(=O)[C@@H]1C[C@H](O)CN1C(=O)OC(C)(C)C)C(C)=O. The zero-order valence-electron chi connectivity index (χ0n) is 14.7. The molecule has 7 nitrogen and oxygen atoms in total. The first-order chi connectivity index (χ1) is 11.0. The predicted octanol–water partition coefficient (Wildman–Crippen LogP) is 1.01. The highest BCUT2D eigenvalue weighted by Gasteiger charge is 2.58. The van der Waals surface area contributed by atoms with Crippen LogP contribution >= 0.6 is 0 Å². The Morgan fingerprint density at radius 2 is 2.00 bits per heavy atom. The highest BCUT2D eigenvalue weighted by atomic mass is 16.6. The normalized spacial score (nSPS) is 32.2. The molecule has 0 aromatic rings. The molecule has 0 aromatic carbocycles. The minimum atomic E-state index is -0.925. The molecule has 2 aliphatic rings. The predicted molar refractivity (Wildman–Crippen MR) is 87.2 cm³/mol. The standard InChI is InChI=1S/C17H26N2O5/c1-6-11-8-17(11,10(2)20)18-14(22)13-7-12(21)9-19(13)15(23)24-16(3,4)5/h6,11-13,21H,1,7-9H2,2-5H3,(H,18,22)/t11-,12+,13+,17+/m1/s1. The van der Waals surface area contributed by atoms with Crippen LogP contribution in [0.1, 0.15) is 40.5 Å². The number of ketones is 1. The second-order valence-electron chi connectivity index (χ2n) is 7.60. The Morgan fingerprint density at radius 1 is 1.38 bits per heavy atom. The lowest BCUT2D eigenvalue weighted by molar-refractivity contribution is -0.130. The highest BCUT2D eigenvalue weighted by molar-refractivity contribution is 5.97. The Balaban J connectivity index is 2.11. The Labute approximate surface area is 142 Å². The van der Waals surface area contributed by atoms with E-state index in [4.69, 9.17) is 4.74 Å². The molecule has 0 spiro atoms. The van der Waals surface area contributed by atoms with Crippen LogP contribution in [0.4, 0.5) is 4.79 Å². The smallest absolute Gasteiger partial charge is 0.411 e. The van der Waals surface area contributed by atoms with Gasteiger partial charge in [0.2, 0.25) is 5.91 Å². The van der Waals surface area contributed by atoms with Crippen LogP contribution in [-0.2, 0) is 14.3 Å². The van der Waals surface area contributed by atoms with Crippen LogP contribution in [0.25, 0.3) is 0 Å². The molecule has 2 rings (SSSR count). The molecule has 1 heterocycles. The molecule has 0 bridgehead atoms. The van der Waals surface area contributed by atoms with Crippen LogP contribution in [0, 0.1) is 5.92 Å². The Kier molecular flexibility index (Phi) is 4.77. The number of nitrogens with zero attached hydrogens (tertiary/aromatic N) is 1. The maximum absolute atomic E-state index is 12.6. The summed E-state index contributed by atoms with van der Waals surface area (Å²) in [6.45, 7) is 10.3. The number of hydrogen-bond acceptors (Lipinski definition) is 5. The summed E-state index contributed by atoms with van der Waals surface area (Å²) in [6.07, 6.45) is 0.844. The number of carbonyl (C=O) groups excluding carboxylic acids is 3. The van der Waals surface area contributed by atoms with Gasteiger partial charge in [-0.15, -0.1) is 6.58 Å². The lowest BCUT2D eigenvalue weighted by Gasteiger charge is -2.28. The lowest BCUT2D eigenvalue weighted by atomic mass is 10.1. The zero-order chi connectivity index (χ0) is 18.3. The fourth-order valence-electron chi connectivity index (χ4n) is 3.10. The largest absolute Gasteiger partial charge is 0.444 e. The van der Waals surface area contributed by atoms with Gasteiger partial charge in [0.1, 0.15) is 17.2 Å². The van der Waals surface area contributed by atoms with E-state index in [1.54, 1.807) is 26.8 Å². The minimum absolute atomic E-state index is 0.0327. The first kappa shape index (κ1) is 18.4. The molecule has 1 aliphatic carbocycles. The first-order valence-electron chi connectivity index (χ1n) is 8.13. The monoisotopic (exact) mass is 338 g/mol. The van der Waals surface area contributed by atoms with E-state index in [1.165, 1.54) is 11.8 Å². The number of likely N-dealkylation sites (tertiary alicyclic amines) is 1. The summed E-state index contributed by atoms with van der Waals surface area (Å²) in [6, 6.07) is -0.850. The maximum atomic E-state index is 12.6. The molecule has 2 amide bonds. The van der Waals surface area contributed by atoms with Gasteiger partial charge >= 0.3 is 6.09 Å². The minimum Gasteiger partial charge on any atom is -0.444 e. The van der Waals surface area contributed by atoms with Gasteiger partial charge in [0, 0.05) is 12.3 Å². The summed E-state index contributed by atoms with van der Waals surface area (Å²) in [4.78, 5) is 38.0. The van der Waals surface area contributed by atoms with E-state index in [-0.39, 0.29) is 24.7 Å². The molecule has 0 radical (unpaired) electrons. The second-order valence-corrected chi connectivity index (χ2v) is 7.60. The van der Waals surface area contributed by atoms with E-state index in [2.05, 4.69) is 11.9 Å². The highest BCUT2D eigenvalue weighted by Crippen LogP contribution is 2.45. The number of aliphatic hydroxyl groups is 1. The first-order valence-corrected chi connectivity index (χ1v) is 8.13. The third kappa shape index (κ3) is 3.61. The topological polar surface area (TPSA) is 95.9 Å². The van der Waals surface area contributed by atoms with Crippen molar-refractivity contribution in [2.75, 3.05) is 6.54 Å². The van der Waals surface area contributed by atoms with Crippen molar-refractivity contribution in [1.29, 1.82) is 0 Å². The van der Waals surface area contributed by atoms with E-state index in [9.17, 15) is 19.5 Å². The number of carbonyl (C=O) groups is 3. The number of aliphatic hydroxyl groups excluding tert-OH is 1. The molecular formula is C17H26N2O5. The van der Waals surface area contributed by atoms with Crippen molar-refractivity contribution < 1.29 is 24.2 Å². The molecule has 2 N–H and O–H groups in total. The quantitative estimate of drug-likeness (QED) is 0.746. The van der Waals surface area contributed by atoms with Crippen LogP contribution in [-0.4, -0.2) is 57.6 Å². The molecule has 1 saturated heterocycles. The number of ether oxygens (including phenoxy) is 1. The van der Waals surface area contributed by atoms with E-state index < -0.39 is 35.3 Å². The molecule has 0 unspecified atom stereocenters. The third-order valence-electron chi connectivity index (χ3n) is 4.48. The van der Waals surface area contributed by atoms with Crippen molar-refractivity contribution in [3.05, 3.63) is 12.7 Å². The molecule has 1 saturated carbocycles. The Bertz CT molecular complexity index is 568. The fraction of sp³-hybridized carbons (Fsp3) is 0.706. The summed E-state index contributed by atoms with van der Waals surface area (Å²) in [7, 11) is 0. The van der Waals surface area contributed by atoms with E-state index in [0.717, 1.165) is 0 Å². The van der Waals surface area contributed by atoms with Gasteiger partial charge in [-0.3, -0.25) is 14.5 Å². The van der Waals surface area contributed by atoms with Gasteiger partial charge in [0.25, 0.3) is 0 Å². The van der Waals surface area contributed by atoms with Gasteiger partial charge in [0.05, 0.1) is 12.6 Å². The van der Waals surface area contributed by atoms with Crippen molar-refractivity contribution in [1.82, 2.24) is 10.2 Å². The Hall–Kier alpha value is -1.89. The molecule has 7 heteroatoms. The van der Waals surface area contributed by atoms with E-state index in [0.29, 0.717) is 6.42 Å². The summed E-state index contributed by atoms with van der Waals surface area (Å²) in [5.74, 6) is -0.680. The molecular weight excluding hydrogens is 312 g/mol. The number of amides is 2. The van der Waals surface area contributed by atoms with Gasteiger partial charge in [-0.1, -0.05) is 6.08 Å². The van der Waals surface area contributed by atoms with E-state index >= 15 is 0 Å². The van der Waals surface area contributed by atoms with Crippen LogP contribution in [0.5, 0.6) is 0 Å². The molecule has 4 atom stereocenters. The van der Waals surface area contributed by atoms with Crippen molar-refractivity contribution in [3.8, 4) is 0 Å². The summed E-state index contributed by atoms with van der Waals surface area (Å²) >= 11 is 0. The number of Topliss-reactive ketones (excluding diaryl/α,β-unsaturated/α-hetero) is 1. The average Bonchev–Trinajstić information content (AvgIpc) is 3.01. The third-order valence-corrected chi connectivity index (χ3v) is 4.48. The molecule has 134 valence electrons.